The number of carbonyl (C=O) groups is 4. The molecule has 618 valence electrons. The quantitative estimate of drug-likeness (QED) is 0.0222. The Hall–Kier alpha value is -1.94. The second-order valence-electron chi connectivity index (χ2n) is 31.1. The van der Waals surface area contributed by atoms with E-state index in [1.165, 1.54) is 283 Å². The van der Waals surface area contributed by atoms with Crippen molar-refractivity contribution in [3.63, 3.8) is 0 Å². The number of phosphoric ester groups is 2. The van der Waals surface area contributed by atoms with Gasteiger partial charge in [0.05, 0.1) is 26.4 Å². The van der Waals surface area contributed by atoms with Crippen LogP contribution in [0.4, 0.5) is 0 Å². The van der Waals surface area contributed by atoms with Crippen molar-refractivity contribution in [2.75, 3.05) is 39.6 Å². The van der Waals surface area contributed by atoms with Gasteiger partial charge in [0.15, 0.2) is 12.2 Å². The predicted molar refractivity (Wildman–Crippen MR) is 428 cm³/mol. The fourth-order valence-electron chi connectivity index (χ4n) is 13.3. The number of hydrogen-bond donors (Lipinski definition) is 3. The summed E-state index contributed by atoms with van der Waals surface area (Å²) in [4.78, 5) is 73.2. The van der Waals surface area contributed by atoms with E-state index in [-0.39, 0.29) is 25.7 Å². The molecule has 0 heterocycles. The molecule has 0 aliphatic heterocycles. The Balaban J connectivity index is 5.22. The molecule has 0 aromatic carbocycles. The zero-order valence-corrected chi connectivity index (χ0v) is 70.0. The molecule has 0 aliphatic carbocycles. The van der Waals surface area contributed by atoms with Gasteiger partial charge >= 0.3 is 39.5 Å². The Bertz CT molecular complexity index is 1980. The van der Waals surface area contributed by atoms with E-state index in [0.717, 1.165) is 95.8 Å². The Kier molecular flexibility index (Phi) is 76.3. The van der Waals surface area contributed by atoms with E-state index in [9.17, 15) is 43.2 Å². The van der Waals surface area contributed by atoms with Crippen LogP contribution in [0, 0.1) is 5.92 Å². The van der Waals surface area contributed by atoms with Crippen molar-refractivity contribution in [2.24, 2.45) is 5.92 Å². The van der Waals surface area contributed by atoms with E-state index >= 15 is 0 Å². The minimum Gasteiger partial charge on any atom is -0.462 e. The number of esters is 4. The number of hydrogen-bond acceptors (Lipinski definition) is 15. The molecule has 19 heteroatoms. The van der Waals surface area contributed by atoms with E-state index < -0.39 is 97.5 Å². The number of aliphatic hydroxyl groups excluding tert-OH is 1. The fourth-order valence-corrected chi connectivity index (χ4v) is 14.9. The summed E-state index contributed by atoms with van der Waals surface area (Å²) in [6.07, 6.45) is 70.8. The van der Waals surface area contributed by atoms with Crippen molar-refractivity contribution >= 4 is 39.5 Å². The standard InChI is InChI=1S/C85H166O17P2/c1-6-9-12-15-18-21-24-27-28-29-30-31-32-33-34-35-41-46-51-56-61-66-71-85(90)102-81(75-96-83(88)69-64-59-54-49-44-40-37-36-39-42-47-52-57-62-67-78(4)5)77-100-104(93,94)98-73-79(86)72-97-103(91,92)99-76-80(74-95-82(87)68-63-58-53-48-43-26-23-20-17-14-11-8-3)101-84(89)70-65-60-55-50-45-38-25-22-19-16-13-10-7-2/h78-81,86H,6-77H2,1-5H3,(H,91,92)(H,93,94)/t79-,80+,81+/m0/s1. The molecule has 104 heavy (non-hydrogen) atoms. The minimum atomic E-state index is -4.96. The summed E-state index contributed by atoms with van der Waals surface area (Å²) in [5, 5.41) is 10.7. The molecule has 2 unspecified atom stereocenters. The van der Waals surface area contributed by atoms with Gasteiger partial charge in [0.25, 0.3) is 0 Å². The highest BCUT2D eigenvalue weighted by molar-refractivity contribution is 7.47. The molecular weight excluding hydrogens is 1350 g/mol. The van der Waals surface area contributed by atoms with Crippen LogP contribution in [0.3, 0.4) is 0 Å². The van der Waals surface area contributed by atoms with Crippen LogP contribution in [0.1, 0.15) is 458 Å². The zero-order chi connectivity index (χ0) is 76.2. The first-order valence-electron chi connectivity index (χ1n) is 44.1. The molecule has 0 aliphatic rings. The third kappa shape index (κ3) is 78.2. The lowest BCUT2D eigenvalue weighted by molar-refractivity contribution is -0.161. The number of aliphatic hydroxyl groups is 1. The molecule has 17 nitrogen and oxygen atoms in total. The Morgan fingerprint density at radius 1 is 0.260 bits per heavy atom. The van der Waals surface area contributed by atoms with Crippen LogP contribution in [0.15, 0.2) is 0 Å². The smallest absolute Gasteiger partial charge is 0.462 e. The molecule has 5 atom stereocenters. The maximum atomic E-state index is 13.1. The summed E-state index contributed by atoms with van der Waals surface area (Å²) in [5.74, 6) is -1.30. The zero-order valence-electron chi connectivity index (χ0n) is 68.2. The Morgan fingerprint density at radius 3 is 0.654 bits per heavy atom. The number of ether oxygens (including phenoxy) is 4. The third-order valence-corrected chi connectivity index (χ3v) is 21.9. The highest BCUT2D eigenvalue weighted by Gasteiger charge is 2.30. The lowest BCUT2D eigenvalue weighted by Gasteiger charge is -2.21. The van der Waals surface area contributed by atoms with Crippen LogP contribution in [0.2, 0.25) is 0 Å². The molecule has 0 aromatic rings. The normalized spacial score (nSPS) is 13.8. The molecule has 0 saturated carbocycles. The number of rotatable bonds is 85. The molecule has 0 rings (SSSR count). The SMILES string of the molecule is CCCCCCCCCCCCCCCCCCCCCCCCC(=O)O[C@H](COC(=O)CCCCCCCCCCCCCCCCC(C)C)COP(=O)(O)OC[C@@H](O)COP(=O)(O)OC[C@@H](COC(=O)CCCCCCCCCCCCCC)OC(=O)CCCCCCCCCCCCCCC. The van der Waals surface area contributed by atoms with Gasteiger partial charge in [-0.05, 0) is 31.6 Å². The van der Waals surface area contributed by atoms with E-state index in [0.29, 0.717) is 25.7 Å². The third-order valence-electron chi connectivity index (χ3n) is 20.0. The van der Waals surface area contributed by atoms with E-state index in [1.54, 1.807) is 0 Å². The van der Waals surface area contributed by atoms with Crippen molar-refractivity contribution < 1.29 is 80.2 Å². The monoisotopic (exact) mass is 1520 g/mol. The van der Waals surface area contributed by atoms with Gasteiger partial charge in [0.1, 0.15) is 19.3 Å². The van der Waals surface area contributed by atoms with E-state index in [1.807, 2.05) is 0 Å². The van der Waals surface area contributed by atoms with E-state index in [4.69, 9.17) is 37.0 Å². The van der Waals surface area contributed by atoms with E-state index in [2.05, 4.69) is 34.6 Å². The maximum absolute atomic E-state index is 13.1. The van der Waals surface area contributed by atoms with Crippen LogP contribution < -0.4 is 0 Å². The second-order valence-corrected chi connectivity index (χ2v) is 34.0. The van der Waals surface area contributed by atoms with Crippen LogP contribution in [0.5, 0.6) is 0 Å². The van der Waals surface area contributed by atoms with Gasteiger partial charge in [-0.25, -0.2) is 9.13 Å². The highest BCUT2D eigenvalue weighted by atomic mass is 31.2. The average Bonchev–Trinajstić information content (AvgIpc) is 0.908. The Labute approximate surface area is 638 Å². The summed E-state index contributed by atoms with van der Waals surface area (Å²) in [7, 11) is -9.92. The second kappa shape index (κ2) is 77.8. The lowest BCUT2D eigenvalue weighted by atomic mass is 10.0. The molecule has 0 bridgehead atoms. The molecule has 0 saturated heterocycles. The Morgan fingerprint density at radius 2 is 0.442 bits per heavy atom. The number of carbonyl (C=O) groups excluding carboxylic acids is 4. The van der Waals surface area contributed by atoms with Crippen molar-refractivity contribution in [3.8, 4) is 0 Å². The first-order chi connectivity index (χ1) is 50.5. The van der Waals surface area contributed by atoms with Gasteiger partial charge in [0.2, 0.25) is 0 Å². The molecule has 0 spiro atoms. The molecular formula is C85H166O17P2. The lowest BCUT2D eigenvalue weighted by Crippen LogP contribution is -2.30. The topological polar surface area (TPSA) is 237 Å². The summed E-state index contributed by atoms with van der Waals surface area (Å²) >= 11 is 0. The molecule has 0 radical (unpaired) electrons. The van der Waals surface area contributed by atoms with Crippen LogP contribution in [-0.2, 0) is 65.4 Å². The van der Waals surface area contributed by atoms with Gasteiger partial charge in [-0.2, -0.15) is 0 Å². The summed E-state index contributed by atoms with van der Waals surface area (Å²) < 4.78 is 68.9. The maximum Gasteiger partial charge on any atom is 0.472 e. The average molecular weight is 1520 g/mol. The van der Waals surface area contributed by atoms with Crippen molar-refractivity contribution in [2.45, 2.75) is 477 Å². The van der Waals surface area contributed by atoms with Crippen molar-refractivity contribution in [1.82, 2.24) is 0 Å². The van der Waals surface area contributed by atoms with Gasteiger partial charge in [-0.3, -0.25) is 37.3 Å². The van der Waals surface area contributed by atoms with Crippen molar-refractivity contribution in [1.29, 1.82) is 0 Å². The first-order valence-corrected chi connectivity index (χ1v) is 47.1. The largest absolute Gasteiger partial charge is 0.472 e. The summed E-state index contributed by atoms with van der Waals surface area (Å²) in [5.41, 5.74) is 0. The van der Waals surface area contributed by atoms with Gasteiger partial charge in [-0.1, -0.05) is 407 Å². The minimum absolute atomic E-state index is 0.108. The van der Waals surface area contributed by atoms with Crippen LogP contribution in [0.25, 0.3) is 0 Å². The van der Waals surface area contributed by atoms with Gasteiger partial charge in [-0.15, -0.1) is 0 Å². The molecule has 0 fully saturated rings. The predicted octanol–water partition coefficient (Wildman–Crippen LogP) is 26.0. The summed E-state index contributed by atoms with van der Waals surface area (Å²) in [6.45, 7) is 7.38. The highest BCUT2D eigenvalue weighted by Crippen LogP contribution is 2.45. The van der Waals surface area contributed by atoms with Gasteiger partial charge in [0, 0.05) is 25.7 Å². The number of phosphoric acid groups is 2. The fraction of sp³-hybridized carbons (Fsp3) is 0.953. The molecule has 3 N–H and O–H groups in total. The molecule has 0 aromatic heterocycles. The first kappa shape index (κ1) is 102. The van der Waals surface area contributed by atoms with Crippen LogP contribution in [-0.4, -0.2) is 96.7 Å². The van der Waals surface area contributed by atoms with Crippen LogP contribution >= 0.6 is 15.6 Å². The van der Waals surface area contributed by atoms with Gasteiger partial charge < -0.3 is 33.8 Å². The van der Waals surface area contributed by atoms with Crippen molar-refractivity contribution in [3.05, 3.63) is 0 Å². The summed E-state index contributed by atoms with van der Waals surface area (Å²) in [6, 6.07) is 0. The number of unbranched alkanes of at least 4 members (excludes halogenated alkanes) is 57. The molecule has 0 amide bonds.